The minimum atomic E-state index is -2.12. The number of anilines is 1. The Balaban J connectivity index is 1.88. The van der Waals surface area contributed by atoms with Gasteiger partial charge in [-0.15, -0.1) is 0 Å². The van der Waals surface area contributed by atoms with Crippen LogP contribution in [0.5, 0.6) is 5.75 Å². The lowest BCUT2D eigenvalue weighted by Gasteiger charge is -2.23. The fourth-order valence-electron chi connectivity index (χ4n) is 3.26. The van der Waals surface area contributed by atoms with Gasteiger partial charge in [-0.3, -0.25) is 4.79 Å². The van der Waals surface area contributed by atoms with Crippen LogP contribution in [0.4, 0.5) is 5.69 Å². The van der Waals surface area contributed by atoms with Crippen LogP contribution in [0, 0.1) is 13.8 Å². The molecule has 2 N–H and O–H groups in total. The SMILES string of the molecule is CCOc1ccc(NC(=O)[C@@H](OC(=O)c2ccc(C)cc2)[C@H](OC(=O)c2ccc(C)cc2)C(=O)O)cc1. The molecule has 0 aliphatic rings. The van der Waals surface area contributed by atoms with Crippen molar-refractivity contribution < 1.29 is 38.5 Å². The molecule has 0 aromatic heterocycles. The van der Waals surface area contributed by atoms with Crippen molar-refractivity contribution in [3.05, 3.63) is 95.1 Å². The molecule has 3 aromatic carbocycles. The zero-order valence-electron chi connectivity index (χ0n) is 20.6. The highest BCUT2D eigenvalue weighted by molar-refractivity contribution is 6.01. The average molecular weight is 506 g/mol. The van der Waals surface area contributed by atoms with Gasteiger partial charge in [0.15, 0.2) is 0 Å². The van der Waals surface area contributed by atoms with E-state index in [9.17, 15) is 24.3 Å². The summed E-state index contributed by atoms with van der Waals surface area (Å²) in [5.41, 5.74) is 2.23. The second-order valence-electron chi connectivity index (χ2n) is 8.17. The quantitative estimate of drug-likeness (QED) is 0.393. The minimum Gasteiger partial charge on any atom is -0.494 e. The molecule has 37 heavy (non-hydrogen) atoms. The number of amides is 1. The molecule has 0 saturated carbocycles. The predicted octanol–water partition coefficient (Wildman–Crippen LogP) is 4.18. The van der Waals surface area contributed by atoms with Crippen molar-refractivity contribution >= 4 is 29.5 Å². The first-order chi connectivity index (χ1) is 17.7. The number of hydrogen-bond donors (Lipinski definition) is 2. The van der Waals surface area contributed by atoms with Crippen molar-refractivity contribution in [2.75, 3.05) is 11.9 Å². The van der Waals surface area contributed by atoms with E-state index < -0.39 is 36.0 Å². The molecule has 9 nitrogen and oxygen atoms in total. The molecule has 0 unspecified atom stereocenters. The third kappa shape index (κ3) is 7.41. The molecule has 9 heteroatoms. The average Bonchev–Trinajstić information content (AvgIpc) is 2.87. The summed E-state index contributed by atoms with van der Waals surface area (Å²) in [5, 5.41) is 12.4. The summed E-state index contributed by atoms with van der Waals surface area (Å²) in [7, 11) is 0. The first kappa shape index (κ1) is 26.9. The molecule has 3 aromatic rings. The summed E-state index contributed by atoms with van der Waals surface area (Å²) in [6.45, 7) is 5.93. The van der Waals surface area contributed by atoms with Gasteiger partial charge in [-0.2, -0.15) is 0 Å². The molecule has 0 fully saturated rings. The van der Waals surface area contributed by atoms with Crippen molar-refractivity contribution in [2.45, 2.75) is 33.0 Å². The second-order valence-corrected chi connectivity index (χ2v) is 8.17. The van der Waals surface area contributed by atoms with Crippen LogP contribution >= 0.6 is 0 Å². The van der Waals surface area contributed by atoms with Crippen LogP contribution in [0.25, 0.3) is 0 Å². The highest BCUT2D eigenvalue weighted by Gasteiger charge is 2.41. The molecule has 0 aliphatic carbocycles. The van der Waals surface area contributed by atoms with Gasteiger partial charge >= 0.3 is 17.9 Å². The topological polar surface area (TPSA) is 128 Å². The van der Waals surface area contributed by atoms with Gasteiger partial charge in [0.2, 0.25) is 12.2 Å². The monoisotopic (exact) mass is 505 g/mol. The summed E-state index contributed by atoms with van der Waals surface area (Å²) in [6.07, 6.45) is -4.11. The summed E-state index contributed by atoms with van der Waals surface area (Å²) < 4.78 is 15.9. The number of hydrogen-bond acceptors (Lipinski definition) is 7. The van der Waals surface area contributed by atoms with Crippen LogP contribution in [-0.4, -0.2) is 47.7 Å². The fourth-order valence-corrected chi connectivity index (χ4v) is 3.26. The molecule has 0 bridgehead atoms. The molecular formula is C28H27NO8. The van der Waals surface area contributed by atoms with Gasteiger partial charge in [0.05, 0.1) is 17.7 Å². The Morgan fingerprint density at radius 2 is 1.19 bits per heavy atom. The highest BCUT2D eigenvalue weighted by atomic mass is 16.6. The Morgan fingerprint density at radius 3 is 1.62 bits per heavy atom. The Morgan fingerprint density at radius 1 is 0.730 bits per heavy atom. The van der Waals surface area contributed by atoms with Gasteiger partial charge in [-0.25, -0.2) is 14.4 Å². The summed E-state index contributed by atoms with van der Waals surface area (Å²) in [5.74, 6) is -4.03. The number of aryl methyl sites for hydroxylation is 2. The maximum Gasteiger partial charge on any atom is 0.349 e. The lowest BCUT2D eigenvalue weighted by molar-refractivity contribution is -0.157. The van der Waals surface area contributed by atoms with Crippen LogP contribution in [0.3, 0.4) is 0 Å². The van der Waals surface area contributed by atoms with Crippen molar-refractivity contribution in [3.63, 3.8) is 0 Å². The fraction of sp³-hybridized carbons (Fsp3) is 0.214. The number of esters is 2. The molecule has 0 aliphatic heterocycles. The Hall–Kier alpha value is -4.66. The number of carbonyl (C=O) groups is 4. The van der Waals surface area contributed by atoms with E-state index in [2.05, 4.69) is 5.32 Å². The molecule has 3 rings (SSSR count). The summed E-state index contributed by atoms with van der Waals surface area (Å²) in [6, 6.07) is 18.8. The lowest BCUT2D eigenvalue weighted by atomic mass is 10.1. The van der Waals surface area contributed by atoms with Crippen molar-refractivity contribution in [1.29, 1.82) is 0 Å². The van der Waals surface area contributed by atoms with E-state index in [-0.39, 0.29) is 11.1 Å². The number of aliphatic carboxylic acids is 1. The number of rotatable bonds is 10. The van der Waals surface area contributed by atoms with Crippen molar-refractivity contribution in [1.82, 2.24) is 0 Å². The lowest BCUT2D eigenvalue weighted by Crippen LogP contribution is -2.48. The molecular weight excluding hydrogens is 478 g/mol. The van der Waals surface area contributed by atoms with E-state index in [0.717, 1.165) is 11.1 Å². The largest absolute Gasteiger partial charge is 0.494 e. The molecule has 0 heterocycles. The molecule has 0 spiro atoms. The Labute approximate surface area is 214 Å². The Bertz CT molecular complexity index is 1250. The van der Waals surface area contributed by atoms with E-state index in [1.54, 1.807) is 36.4 Å². The molecule has 1 amide bonds. The summed E-state index contributed by atoms with van der Waals surface area (Å²) in [4.78, 5) is 50.8. The smallest absolute Gasteiger partial charge is 0.349 e. The van der Waals surface area contributed by atoms with E-state index in [0.29, 0.717) is 18.0 Å². The number of carboxylic acids is 1. The predicted molar refractivity (Wildman–Crippen MR) is 135 cm³/mol. The third-order valence-electron chi connectivity index (χ3n) is 5.25. The number of carbonyl (C=O) groups excluding carboxylic acids is 3. The van der Waals surface area contributed by atoms with Crippen LogP contribution in [0.2, 0.25) is 0 Å². The minimum absolute atomic E-state index is 0.0763. The van der Waals surface area contributed by atoms with Gasteiger partial charge in [0.1, 0.15) is 5.75 Å². The zero-order valence-corrected chi connectivity index (χ0v) is 20.6. The number of nitrogens with one attached hydrogen (secondary N) is 1. The van der Waals surface area contributed by atoms with Crippen LogP contribution in [-0.2, 0) is 19.1 Å². The van der Waals surface area contributed by atoms with E-state index in [1.165, 1.54) is 36.4 Å². The van der Waals surface area contributed by atoms with Gasteiger partial charge < -0.3 is 24.6 Å². The normalized spacial score (nSPS) is 12.1. The van der Waals surface area contributed by atoms with Gasteiger partial charge in [-0.1, -0.05) is 35.4 Å². The van der Waals surface area contributed by atoms with E-state index >= 15 is 0 Å². The number of benzene rings is 3. The van der Waals surface area contributed by atoms with E-state index in [4.69, 9.17) is 14.2 Å². The maximum absolute atomic E-state index is 13.2. The first-order valence-electron chi connectivity index (χ1n) is 11.5. The zero-order chi connectivity index (χ0) is 26.9. The third-order valence-corrected chi connectivity index (χ3v) is 5.25. The summed E-state index contributed by atoms with van der Waals surface area (Å²) >= 11 is 0. The second kappa shape index (κ2) is 12.3. The Kier molecular flexibility index (Phi) is 8.99. The van der Waals surface area contributed by atoms with Crippen molar-refractivity contribution in [3.8, 4) is 5.75 Å². The molecule has 2 atom stereocenters. The van der Waals surface area contributed by atoms with Gasteiger partial charge in [-0.05, 0) is 69.3 Å². The molecule has 192 valence electrons. The van der Waals surface area contributed by atoms with E-state index in [1.807, 2.05) is 20.8 Å². The van der Waals surface area contributed by atoms with Crippen molar-refractivity contribution in [2.24, 2.45) is 0 Å². The van der Waals surface area contributed by atoms with Gasteiger partial charge in [0.25, 0.3) is 5.91 Å². The number of ether oxygens (including phenoxy) is 3. The first-order valence-corrected chi connectivity index (χ1v) is 11.5. The molecule has 0 radical (unpaired) electrons. The van der Waals surface area contributed by atoms with Gasteiger partial charge in [0, 0.05) is 5.69 Å². The standard InChI is InChI=1S/C28H27NO8/c1-4-35-22-15-13-21(14-16-22)29-25(30)23(36-27(33)19-9-5-17(2)6-10-19)24(26(31)32)37-28(34)20-11-7-18(3)8-12-20/h5-16,23-24H,4H2,1-3H3,(H,29,30)(H,31,32)/t23-,24-/m0/s1. The number of carboxylic acid groups (broad SMARTS) is 1. The van der Waals surface area contributed by atoms with Crippen LogP contribution in [0.1, 0.15) is 38.8 Å². The van der Waals surface area contributed by atoms with Crippen LogP contribution in [0.15, 0.2) is 72.8 Å². The maximum atomic E-state index is 13.2. The highest BCUT2D eigenvalue weighted by Crippen LogP contribution is 2.19. The van der Waals surface area contributed by atoms with Crippen LogP contribution < -0.4 is 10.1 Å². The molecule has 0 saturated heterocycles.